The van der Waals surface area contributed by atoms with Crippen molar-refractivity contribution >= 4 is 29.6 Å². The van der Waals surface area contributed by atoms with Gasteiger partial charge in [0.05, 0.1) is 24.5 Å². The first-order valence-corrected chi connectivity index (χ1v) is 8.85. The molecule has 0 aliphatic heterocycles. The number of aromatic nitrogens is 1. The molecule has 0 fully saturated rings. The Labute approximate surface area is 163 Å². The molecule has 1 amide bonds. The fourth-order valence-corrected chi connectivity index (χ4v) is 2.34. The molecule has 1 heterocycles. The number of amides is 1. The molecule has 1 N–H and O–H groups in total. The van der Waals surface area contributed by atoms with Crippen LogP contribution < -0.4 is 5.32 Å². The number of carbonyl (C=O) groups excluding carboxylic acids is 3. The summed E-state index contributed by atoms with van der Waals surface area (Å²) < 4.78 is 9.77. The Bertz CT molecular complexity index is 888. The molecular weight excluding hydrogens is 360 g/mol. The predicted octanol–water partition coefficient (Wildman–Crippen LogP) is 3.40. The third-order valence-corrected chi connectivity index (χ3v) is 3.68. The third-order valence-electron chi connectivity index (χ3n) is 3.68. The molecule has 146 valence electrons. The molecule has 0 atom stereocenters. The maximum absolute atomic E-state index is 12.4. The van der Waals surface area contributed by atoms with Crippen molar-refractivity contribution in [2.24, 2.45) is 0 Å². The number of hydrogen-bond acceptors (Lipinski definition) is 6. The Kier molecular flexibility index (Phi) is 7.45. The van der Waals surface area contributed by atoms with Crippen molar-refractivity contribution in [3.63, 3.8) is 0 Å². The highest BCUT2D eigenvalue weighted by Gasteiger charge is 2.15. The molecule has 0 bridgehead atoms. The van der Waals surface area contributed by atoms with Crippen LogP contribution in [0.25, 0.3) is 6.08 Å². The van der Waals surface area contributed by atoms with Crippen LogP contribution in [0.1, 0.15) is 46.0 Å². The second-order valence-corrected chi connectivity index (χ2v) is 5.71. The van der Waals surface area contributed by atoms with E-state index in [1.807, 2.05) is 0 Å². The van der Waals surface area contributed by atoms with Crippen LogP contribution in [-0.2, 0) is 14.3 Å². The second kappa shape index (κ2) is 10.0. The largest absolute Gasteiger partial charge is 0.463 e. The minimum atomic E-state index is -0.467. The molecule has 0 spiro atoms. The summed E-state index contributed by atoms with van der Waals surface area (Å²) in [7, 11) is 0. The summed E-state index contributed by atoms with van der Waals surface area (Å²) in [5, 5.41) is 2.74. The SMILES string of the molecule is CCOC(=O)/C=C/c1ccc(NC(=O)c2ccc(C(=O)OCC)c(C)n2)cc1. The fraction of sp³-hybridized carbons (Fsp3) is 0.238. The normalized spacial score (nSPS) is 10.5. The van der Waals surface area contributed by atoms with E-state index in [0.29, 0.717) is 23.6 Å². The van der Waals surface area contributed by atoms with Gasteiger partial charge in [-0.3, -0.25) is 4.79 Å². The lowest BCUT2D eigenvalue weighted by Gasteiger charge is -2.08. The molecule has 0 saturated heterocycles. The van der Waals surface area contributed by atoms with Gasteiger partial charge < -0.3 is 14.8 Å². The van der Waals surface area contributed by atoms with Gasteiger partial charge in [-0.2, -0.15) is 0 Å². The van der Waals surface area contributed by atoms with E-state index in [2.05, 4.69) is 10.3 Å². The molecule has 0 aliphatic rings. The topological polar surface area (TPSA) is 94.6 Å². The molecule has 0 aliphatic carbocycles. The van der Waals surface area contributed by atoms with Crippen LogP contribution in [0.4, 0.5) is 5.69 Å². The number of pyridine rings is 1. The Morgan fingerprint density at radius 2 is 1.68 bits per heavy atom. The van der Waals surface area contributed by atoms with Crippen molar-refractivity contribution in [1.29, 1.82) is 0 Å². The van der Waals surface area contributed by atoms with Crippen LogP contribution in [0.3, 0.4) is 0 Å². The van der Waals surface area contributed by atoms with Crippen molar-refractivity contribution in [2.45, 2.75) is 20.8 Å². The molecule has 0 unspecified atom stereocenters. The molecular formula is C21H22N2O5. The van der Waals surface area contributed by atoms with Crippen LogP contribution in [0, 0.1) is 6.92 Å². The lowest BCUT2D eigenvalue weighted by atomic mass is 10.1. The van der Waals surface area contributed by atoms with Gasteiger partial charge in [-0.1, -0.05) is 12.1 Å². The highest BCUT2D eigenvalue weighted by molar-refractivity contribution is 6.03. The summed E-state index contributed by atoms with van der Waals surface area (Å²) in [6, 6.07) is 9.94. The fourth-order valence-electron chi connectivity index (χ4n) is 2.34. The number of nitrogens with zero attached hydrogens (tertiary/aromatic N) is 1. The summed E-state index contributed by atoms with van der Waals surface area (Å²) in [6.07, 6.45) is 2.97. The maximum Gasteiger partial charge on any atom is 0.339 e. The van der Waals surface area contributed by atoms with E-state index in [9.17, 15) is 14.4 Å². The summed E-state index contributed by atoms with van der Waals surface area (Å²) in [5.41, 5.74) is 2.31. The number of ether oxygens (including phenoxy) is 2. The summed E-state index contributed by atoms with van der Waals surface area (Å²) >= 11 is 0. The predicted molar refractivity (Wildman–Crippen MR) is 105 cm³/mol. The monoisotopic (exact) mass is 382 g/mol. The van der Waals surface area contributed by atoms with Crippen molar-refractivity contribution in [3.8, 4) is 0 Å². The first kappa shape index (κ1) is 20.8. The molecule has 7 heteroatoms. The maximum atomic E-state index is 12.4. The van der Waals surface area contributed by atoms with E-state index in [1.54, 1.807) is 51.1 Å². The molecule has 1 aromatic heterocycles. The molecule has 28 heavy (non-hydrogen) atoms. The van der Waals surface area contributed by atoms with Crippen LogP contribution >= 0.6 is 0 Å². The number of carbonyl (C=O) groups is 3. The van der Waals surface area contributed by atoms with Crippen molar-refractivity contribution in [2.75, 3.05) is 18.5 Å². The van der Waals surface area contributed by atoms with Gasteiger partial charge in [-0.15, -0.1) is 0 Å². The van der Waals surface area contributed by atoms with E-state index in [4.69, 9.17) is 9.47 Å². The van der Waals surface area contributed by atoms with E-state index in [0.717, 1.165) is 5.56 Å². The average Bonchev–Trinajstić information content (AvgIpc) is 2.67. The van der Waals surface area contributed by atoms with Crippen molar-refractivity contribution < 1.29 is 23.9 Å². The number of rotatable bonds is 7. The number of esters is 2. The lowest BCUT2D eigenvalue weighted by Crippen LogP contribution is -2.16. The van der Waals surface area contributed by atoms with E-state index in [1.165, 1.54) is 18.2 Å². The van der Waals surface area contributed by atoms with Crippen LogP contribution in [0.2, 0.25) is 0 Å². The van der Waals surface area contributed by atoms with Gasteiger partial charge in [0.1, 0.15) is 5.69 Å². The Hall–Kier alpha value is -3.48. The van der Waals surface area contributed by atoms with E-state index >= 15 is 0 Å². The zero-order chi connectivity index (χ0) is 20.5. The first-order chi connectivity index (χ1) is 13.4. The Morgan fingerprint density at radius 3 is 2.29 bits per heavy atom. The zero-order valence-electron chi connectivity index (χ0n) is 16.0. The number of hydrogen-bond donors (Lipinski definition) is 1. The highest BCUT2D eigenvalue weighted by Crippen LogP contribution is 2.14. The molecule has 2 aromatic rings. The first-order valence-electron chi connectivity index (χ1n) is 8.85. The van der Waals surface area contributed by atoms with Gasteiger partial charge in [-0.25, -0.2) is 14.6 Å². The van der Waals surface area contributed by atoms with Crippen LogP contribution in [0.5, 0.6) is 0 Å². The molecule has 0 radical (unpaired) electrons. The molecule has 2 rings (SSSR count). The average molecular weight is 382 g/mol. The highest BCUT2D eigenvalue weighted by atomic mass is 16.5. The summed E-state index contributed by atoms with van der Waals surface area (Å²) in [6.45, 7) is 5.70. The minimum absolute atomic E-state index is 0.192. The smallest absolute Gasteiger partial charge is 0.339 e. The second-order valence-electron chi connectivity index (χ2n) is 5.71. The number of nitrogens with one attached hydrogen (secondary N) is 1. The van der Waals surface area contributed by atoms with E-state index in [-0.39, 0.29) is 12.3 Å². The van der Waals surface area contributed by atoms with Gasteiger partial charge in [0.15, 0.2) is 0 Å². The molecule has 1 aromatic carbocycles. The van der Waals surface area contributed by atoms with Crippen molar-refractivity contribution in [3.05, 3.63) is 65.0 Å². The standard InChI is InChI=1S/C21H22N2O5/c1-4-27-19(24)13-8-15-6-9-16(10-7-15)23-20(25)18-12-11-17(14(3)22-18)21(26)28-5-2/h6-13H,4-5H2,1-3H3,(H,23,25)/b13-8+. The third kappa shape index (κ3) is 5.77. The zero-order valence-corrected chi connectivity index (χ0v) is 16.0. The van der Waals surface area contributed by atoms with Crippen molar-refractivity contribution in [1.82, 2.24) is 4.98 Å². The van der Waals surface area contributed by atoms with Gasteiger partial charge in [0.2, 0.25) is 0 Å². The summed E-state index contributed by atoms with van der Waals surface area (Å²) in [4.78, 5) is 39.7. The van der Waals surface area contributed by atoms with Crippen LogP contribution in [0.15, 0.2) is 42.5 Å². The quantitative estimate of drug-likeness (QED) is 0.583. The van der Waals surface area contributed by atoms with Gasteiger partial charge in [0.25, 0.3) is 5.91 Å². The number of anilines is 1. The lowest BCUT2D eigenvalue weighted by molar-refractivity contribution is -0.137. The Balaban J connectivity index is 2.03. The van der Waals surface area contributed by atoms with Gasteiger partial charge in [0, 0.05) is 11.8 Å². The van der Waals surface area contributed by atoms with Gasteiger partial charge >= 0.3 is 11.9 Å². The molecule has 0 saturated carbocycles. The molecule has 7 nitrogen and oxygen atoms in total. The Morgan fingerprint density at radius 1 is 1.00 bits per heavy atom. The minimum Gasteiger partial charge on any atom is -0.463 e. The van der Waals surface area contributed by atoms with Gasteiger partial charge in [-0.05, 0) is 56.7 Å². The number of benzene rings is 1. The summed E-state index contributed by atoms with van der Waals surface area (Å²) in [5.74, 6) is -1.27. The number of aryl methyl sites for hydroxylation is 1. The van der Waals surface area contributed by atoms with Crippen LogP contribution in [-0.4, -0.2) is 36.0 Å². The van der Waals surface area contributed by atoms with E-state index < -0.39 is 17.8 Å².